The van der Waals surface area contributed by atoms with Crippen molar-refractivity contribution in [2.24, 2.45) is 56.7 Å². The Morgan fingerprint density at radius 1 is 0.791 bits per heavy atom. The van der Waals surface area contributed by atoms with Crippen LogP contribution in [0.5, 0.6) is 0 Å². The van der Waals surface area contributed by atoms with Crippen molar-refractivity contribution in [1.82, 2.24) is 0 Å². The van der Waals surface area contributed by atoms with Gasteiger partial charge in [-0.05, 0) is 128 Å². The van der Waals surface area contributed by atoms with Crippen LogP contribution in [-0.4, -0.2) is 75.6 Å². The van der Waals surface area contributed by atoms with Crippen molar-refractivity contribution in [2.75, 3.05) is 13.2 Å². The second-order valence-corrected chi connectivity index (χ2v) is 17.4. The number of aliphatic hydroxyl groups is 5. The Morgan fingerprint density at radius 2 is 1.51 bits per heavy atom. The van der Waals surface area contributed by atoms with Crippen LogP contribution in [0.4, 0.5) is 0 Å². The normalized spacial score (nSPS) is 55.9. The molecule has 5 N–H and O–H groups in total. The minimum Gasteiger partial charge on any atom is -0.394 e. The molecule has 7 heteroatoms. The van der Waals surface area contributed by atoms with Crippen molar-refractivity contribution in [3.05, 3.63) is 12.2 Å². The SMILES string of the molecule is C=C(C)[C@@H]1CC[C@]2(COC3OC(CO)C(O)C(O)C3O)CC[C@]3(C)C(CCC4[C@@]5(C)CC[C@H](O)C(C)(C)C5CC[C@]43C)C12. The molecule has 7 nitrogen and oxygen atoms in total. The molecule has 6 rings (SSSR count). The van der Waals surface area contributed by atoms with Crippen LogP contribution in [0.15, 0.2) is 12.2 Å². The minimum absolute atomic E-state index is 0.0496. The van der Waals surface area contributed by atoms with Crippen LogP contribution in [-0.2, 0) is 9.47 Å². The van der Waals surface area contributed by atoms with Gasteiger partial charge >= 0.3 is 0 Å². The molecule has 9 unspecified atom stereocenters. The van der Waals surface area contributed by atoms with E-state index >= 15 is 0 Å². The maximum Gasteiger partial charge on any atom is 0.186 e. The quantitative estimate of drug-likeness (QED) is 0.286. The van der Waals surface area contributed by atoms with Crippen LogP contribution < -0.4 is 0 Å². The van der Waals surface area contributed by atoms with Crippen molar-refractivity contribution >= 4 is 0 Å². The molecule has 5 saturated carbocycles. The van der Waals surface area contributed by atoms with Crippen molar-refractivity contribution in [3.63, 3.8) is 0 Å². The first kappa shape index (κ1) is 32.4. The molecule has 6 fully saturated rings. The lowest BCUT2D eigenvalue weighted by Crippen LogP contribution is -2.67. The molecule has 43 heavy (non-hydrogen) atoms. The largest absolute Gasteiger partial charge is 0.394 e. The smallest absolute Gasteiger partial charge is 0.186 e. The molecule has 246 valence electrons. The monoisotopic (exact) mass is 604 g/mol. The topological polar surface area (TPSA) is 120 Å². The van der Waals surface area contributed by atoms with Crippen LogP contribution in [0.1, 0.15) is 106 Å². The lowest BCUT2D eigenvalue weighted by Gasteiger charge is -2.73. The summed E-state index contributed by atoms with van der Waals surface area (Å²) in [5, 5.41) is 52.1. The maximum atomic E-state index is 11.0. The lowest BCUT2D eigenvalue weighted by molar-refractivity contribution is -0.311. The number of rotatable bonds is 5. The number of fused-ring (bicyclic) bond motifs is 7. The molecule has 0 aromatic carbocycles. The molecular weight excluding hydrogens is 544 g/mol. The Labute approximate surface area is 259 Å². The van der Waals surface area contributed by atoms with E-state index < -0.39 is 37.3 Å². The van der Waals surface area contributed by atoms with Crippen molar-refractivity contribution in [2.45, 2.75) is 143 Å². The Hall–Kier alpha value is -0.540. The van der Waals surface area contributed by atoms with E-state index in [1.165, 1.54) is 31.3 Å². The summed E-state index contributed by atoms with van der Waals surface area (Å²) in [5.41, 5.74) is 1.81. The molecule has 0 aromatic rings. The Kier molecular flexibility index (Phi) is 8.10. The Balaban J connectivity index is 1.29. The van der Waals surface area contributed by atoms with Crippen LogP contribution in [0.3, 0.4) is 0 Å². The zero-order chi connectivity index (χ0) is 31.3. The van der Waals surface area contributed by atoms with E-state index in [0.29, 0.717) is 36.2 Å². The predicted octanol–water partition coefficient (Wildman–Crippen LogP) is 4.82. The van der Waals surface area contributed by atoms with Gasteiger partial charge in [-0.15, -0.1) is 0 Å². The van der Waals surface area contributed by atoms with Gasteiger partial charge in [0, 0.05) is 0 Å². The standard InChI is InChI=1S/C36H60O7/c1-20(2)21-10-15-36(19-42-31-30(41)29(40)28(39)23(18-37)43-31)17-16-34(6)22(27(21)36)8-9-25-33(5)13-12-26(38)32(3,4)24(33)11-14-35(25,34)7/h21-31,37-41H,1,8-19H2,2-7H3/t21-,22?,23?,24?,25?,26-,27?,28?,29?,30?,31?,33-,34+,35+,36+/m0/s1. The molecule has 0 bridgehead atoms. The van der Waals surface area contributed by atoms with Gasteiger partial charge in [0.25, 0.3) is 0 Å². The van der Waals surface area contributed by atoms with Gasteiger partial charge in [-0.1, -0.05) is 46.8 Å². The molecule has 0 radical (unpaired) electrons. The first-order chi connectivity index (χ1) is 20.1. The molecule has 0 aromatic heterocycles. The summed E-state index contributed by atoms with van der Waals surface area (Å²) in [6.07, 6.45) is 4.78. The van der Waals surface area contributed by atoms with E-state index in [2.05, 4.69) is 48.1 Å². The predicted molar refractivity (Wildman–Crippen MR) is 165 cm³/mol. The summed E-state index contributed by atoms with van der Waals surface area (Å²) in [5.74, 6) is 2.61. The highest BCUT2D eigenvalue weighted by molar-refractivity contribution is 5.21. The van der Waals surface area contributed by atoms with E-state index in [1.54, 1.807) is 0 Å². The third-order valence-corrected chi connectivity index (χ3v) is 15.6. The van der Waals surface area contributed by atoms with Crippen molar-refractivity contribution in [3.8, 4) is 0 Å². The van der Waals surface area contributed by atoms with Crippen LogP contribution in [0.2, 0.25) is 0 Å². The van der Waals surface area contributed by atoms with Gasteiger partial charge in [0.15, 0.2) is 6.29 Å². The Morgan fingerprint density at radius 3 is 2.19 bits per heavy atom. The summed E-state index contributed by atoms with van der Waals surface area (Å²) in [6, 6.07) is 0. The fraction of sp³-hybridized carbons (Fsp3) is 0.944. The third kappa shape index (κ3) is 4.45. The second kappa shape index (κ2) is 10.7. The Bertz CT molecular complexity index is 1080. The highest BCUT2D eigenvalue weighted by Gasteiger charge is 2.71. The van der Waals surface area contributed by atoms with E-state index in [1.807, 2.05) is 0 Å². The van der Waals surface area contributed by atoms with Crippen LogP contribution in [0.25, 0.3) is 0 Å². The number of hydrogen-bond donors (Lipinski definition) is 5. The number of hydrogen-bond acceptors (Lipinski definition) is 7. The first-order valence-corrected chi connectivity index (χ1v) is 17.3. The fourth-order valence-corrected chi connectivity index (χ4v) is 13.0. The van der Waals surface area contributed by atoms with E-state index in [0.717, 1.165) is 38.5 Å². The van der Waals surface area contributed by atoms with Gasteiger partial charge in [-0.2, -0.15) is 0 Å². The minimum atomic E-state index is -1.43. The maximum absolute atomic E-state index is 11.0. The summed E-state index contributed by atoms with van der Waals surface area (Å²) in [6.45, 7) is 19.1. The first-order valence-electron chi connectivity index (χ1n) is 17.3. The summed E-state index contributed by atoms with van der Waals surface area (Å²) < 4.78 is 12.1. The van der Waals surface area contributed by atoms with Crippen molar-refractivity contribution in [1.29, 1.82) is 0 Å². The lowest BCUT2D eigenvalue weighted by atomic mass is 9.32. The highest BCUT2D eigenvalue weighted by Crippen LogP contribution is 2.77. The van der Waals surface area contributed by atoms with E-state index in [4.69, 9.17) is 9.47 Å². The van der Waals surface area contributed by atoms with Gasteiger partial charge in [-0.25, -0.2) is 0 Å². The molecule has 1 saturated heterocycles. The average Bonchev–Trinajstić information content (AvgIpc) is 3.34. The van der Waals surface area contributed by atoms with Gasteiger partial charge in [-0.3, -0.25) is 0 Å². The summed E-state index contributed by atoms with van der Waals surface area (Å²) in [4.78, 5) is 0. The zero-order valence-electron chi connectivity index (χ0n) is 27.6. The highest BCUT2D eigenvalue weighted by atomic mass is 16.7. The molecule has 0 amide bonds. The molecule has 15 atom stereocenters. The van der Waals surface area contributed by atoms with Crippen molar-refractivity contribution < 1.29 is 35.0 Å². The number of allylic oxidation sites excluding steroid dienone is 1. The molecule has 1 aliphatic heterocycles. The van der Waals surface area contributed by atoms with Crippen LogP contribution in [0, 0.1) is 56.7 Å². The molecule has 5 aliphatic carbocycles. The fourth-order valence-electron chi connectivity index (χ4n) is 13.0. The van der Waals surface area contributed by atoms with E-state index in [-0.39, 0.29) is 33.2 Å². The summed E-state index contributed by atoms with van der Waals surface area (Å²) in [7, 11) is 0. The van der Waals surface area contributed by atoms with Gasteiger partial charge in [0.2, 0.25) is 0 Å². The molecule has 6 aliphatic rings. The average molecular weight is 605 g/mol. The number of aliphatic hydroxyl groups excluding tert-OH is 5. The zero-order valence-corrected chi connectivity index (χ0v) is 27.6. The van der Waals surface area contributed by atoms with Crippen LogP contribution >= 0.6 is 0 Å². The van der Waals surface area contributed by atoms with Gasteiger partial charge in [0.05, 0.1) is 19.3 Å². The van der Waals surface area contributed by atoms with Gasteiger partial charge < -0.3 is 35.0 Å². The second-order valence-electron chi connectivity index (χ2n) is 17.4. The number of ether oxygens (including phenoxy) is 2. The molecule has 0 spiro atoms. The summed E-state index contributed by atoms with van der Waals surface area (Å²) >= 11 is 0. The molecule has 1 heterocycles. The molecular formula is C36H60O7. The van der Waals surface area contributed by atoms with E-state index in [9.17, 15) is 25.5 Å². The van der Waals surface area contributed by atoms with Gasteiger partial charge in [0.1, 0.15) is 24.4 Å². The third-order valence-electron chi connectivity index (χ3n) is 15.6.